The summed E-state index contributed by atoms with van der Waals surface area (Å²) in [6, 6.07) is 9.14. The van der Waals surface area contributed by atoms with Crippen molar-refractivity contribution in [1.82, 2.24) is 20.5 Å². The van der Waals surface area contributed by atoms with E-state index in [2.05, 4.69) is 70.5 Å². The fourth-order valence-corrected chi connectivity index (χ4v) is 4.42. The molecule has 0 bridgehead atoms. The summed E-state index contributed by atoms with van der Waals surface area (Å²) >= 11 is 1.78. The molecule has 0 radical (unpaired) electrons. The van der Waals surface area contributed by atoms with Crippen LogP contribution in [0.2, 0.25) is 0 Å². The van der Waals surface area contributed by atoms with Gasteiger partial charge in [-0.2, -0.15) is 0 Å². The maximum absolute atomic E-state index is 5.55. The maximum atomic E-state index is 5.55. The predicted octanol–water partition coefficient (Wildman–Crippen LogP) is 3.47. The molecule has 30 heavy (non-hydrogen) atoms. The molecule has 0 spiro atoms. The average molecular weight is 544 g/mol. The third-order valence-corrected chi connectivity index (χ3v) is 6.47. The molecule has 1 aromatic heterocycles. The lowest BCUT2D eigenvalue weighted by Crippen LogP contribution is -2.46. The van der Waals surface area contributed by atoms with Crippen molar-refractivity contribution in [1.29, 1.82) is 0 Å². The number of aliphatic imine (C=N–C) groups is 1. The molecule has 1 fully saturated rings. The van der Waals surface area contributed by atoms with Crippen LogP contribution >= 0.6 is 35.3 Å². The van der Waals surface area contributed by atoms with Crippen LogP contribution in [0.3, 0.4) is 0 Å². The summed E-state index contributed by atoms with van der Waals surface area (Å²) in [6.07, 6.45) is 0.908. The fourth-order valence-electron chi connectivity index (χ4n) is 3.48. The highest BCUT2D eigenvalue weighted by Crippen LogP contribution is 2.22. The average Bonchev–Trinajstić information content (AvgIpc) is 3.06. The van der Waals surface area contributed by atoms with Crippen LogP contribution in [0.15, 0.2) is 29.3 Å². The first-order valence-electron chi connectivity index (χ1n) is 10.3. The molecule has 8 heteroatoms. The van der Waals surface area contributed by atoms with Crippen LogP contribution < -0.4 is 10.6 Å². The summed E-state index contributed by atoms with van der Waals surface area (Å²) in [6.45, 7) is 11.4. The number of hydrogen-bond donors (Lipinski definition) is 2. The second-order valence-electron chi connectivity index (χ2n) is 7.45. The summed E-state index contributed by atoms with van der Waals surface area (Å²) in [5.41, 5.74) is 3.75. The zero-order valence-corrected chi connectivity index (χ0v) is 21.5. The van der Waals surface area contributed by atoms with Gasteiger partial charge < -0.3 is 15.4 Å². The summed E-state index contributed by atoms with van der Waals surface area (Å²) < 4.78 is 5.55. The summed E-state index contributed by atoms with van der Waals surface area (Å²) in [7, 11) is 1.82. The molecule has 3 rings (SSSR count). The molecule has 1 atom stereocenters. The lowest BCUT2D eigenvalue weighted by molar-refractivity contribution is 0.0170. The van der Waals surface area contributed by atoms with Gasteiger partial charge in [0, 0.05) is 44.5 Å². The number of morpholine rings is 1. The van der Waals surface area contributed by atoms with E-state index in [0.717, 1.165) is 57.5 Å². The first kappa shape index (κ1) is 25.0. The number of aromatic nitrogens is 1. The first-order valence-corrected chi connectivity index (χ1v) is 11.1. The first-order chi connectivity index (χ1) is 14.1. The Morgan fingerprint density at radius 1 is 1.17 bits per heavy atom. The molecule has 0 amide bonds. The second-order valence-corrected chi connectivity index (χ2v) is 8.74. The third-order valence-electron chi connectivity index (χ3n) is 5.34. The largest absolute Gasteiger partial charge is 0.379 e. The summed E-state index contributed by atoms with van der Waals surface area (Å²) in [5.74, 6) is 0.834. The number of ether oxygens (including phenoxy) is 1. The van der Waals surface area contributed by atoms with Gasteiger partial charge >= 0.3 is 0 Å². The number of nitrogens with zero attached hydrogens (tertiary/aromatic N) is 3. The highest BCUT2D eigenvalue weighted by atomic mass is 127. The zero-order chi connectivity index (χ0) is 20.6. The van der Waals surface area contributed by atoms with Crippen molar-refractivity contribution >= 4 is 41.3 Å². The molecule has 1 aromatic carbocycles. The minimum Gasteiger partial charge on any atom is -0.379 e. The van der Waals surface area contributed by atoms with Gasteiger partial charge in [0.2, 0.25) is 0 Å². The smallest absolute Gasteiger partial charge is 0.191 e. The number of benzene rings is 1. The highest BCUT2D eigenvalue weighted by Gasteiger charge is 2.22. The Kier molecular flexibility index (Phi) is 10.5. The standard InChI is InChI=1S/C22H33N5OS.HI/c1-16-5-7-19(8-6-16)20(27-11-13-28-14-12-27)15-25-22(23-4)24-10-9-21-26-17(2)18(3)29-21;/h5-8,20H,9-15H2,1-4H3,(H2,23,24,25);1H. The topological polar surface area (TPSA) is 61.8 Å². The molecule has 1 saturated heterocycles. The van der Waals surface area contributed by atoms with E-state index in [1.165, 1.54) is 21.0 Å². The number of hydrogen-bond acceptors (Lipinski definition) is 5. The van der Waals surface area contributed by atoms with Gasteiger partial charge in [-0.1, -0.05) is 29.8 Å². The molecular weight excluding hydrogens is 509 g/mol. The van der Waals surface area contributed by atoms with E-state index >= 15 is 0 Å². The number of aryl methyl sites for hydroxylation is 3. The Balaban J connectivity index is 0.00000320. The van der Waals surface area contributed by atoms with E-state index in [1.54, 1.807) is 11.3 Å². The molecule has 0 aliphatic carbocycles. The van der Waals surface area contributed by atoms with Crippen molar-refractivity contribution in [2.45, 2.75) is 33.2 Å². The van der Waals surface area contributed by atoms with Crippen LogP contribution in [-0.4, -0.2) is 62.3 Å². The lowest BCUT2D eigenvalue weighted by Gasteiger charge is -2.35. The van der Waals surface area contributed by atoms with E-state index < -0.39 is 0 Å². The van der Waals surface area contributed by atoms with Crippen molar-refractivity contribution in [3.63, 3.8) is 0 Å². The van der Waals surface area contributed by atoms with E-state index in [-0.39, 0.29) is 24.0 Å². The number of thiazole rings is 1. The van der Waals surface area contributed by atoms with Gasteiger partial charge in [-0.15, -0.1) is 35.3 Å². The number of nitrogens with one attached hydrogen (secondary N) is 2. The fraction of sp³-hybridized carbons (Fsp3) is 0.545. The van der Waals surface area contributed by atoms with Gasteiger partial charge in [0.05, 0.1) is 30.0 Å². The lowest BCUT2D eigenvalue weighted by atomic mass is 10.0. The van der Waals surface area contributed by atoms with Crippen molar-refractivity contribution < 1.29 is 4.74 Å². The van der Waals surface area contributed by atoms with Gasteiger partial charge in [-0.05, 0) is 26.3 Å². The molecule has 0 saturated carbocycles. The van der Waals surface area contributed by atoms with Crippen molar-refractivity contribution in [3.8, 4) is 0 Å². The zero-order valence-electron chi connectivity index (χ0n) is 18.4. The Hall–Kier alpha value is -1.23. The van der Waals surface area contributed by atoms with E-state index in [1.807, 2.05) is 7.05 Å². The van der Waals surface area contributed by atoms with Gasteiger partial charge in [0.15, 0.2) is 5.96 Å². The molecule has 2 heterocycles. The second kappa shape index (κ2) is 12.6. The number of halogens is 1. The van der Waals surface area contributed by atoms with Crippen LogP contribution in [0.4, 0.5) is 0 Å². The Morgan fingerprint density at radius 2 is 1.87 bits per heavy atom. The quantitative estimate of drug-likeness (QED) is 0.318. The molecule has 1 aliphatic heterocycles. The normalized spacial score (nSPS) is 16.1. The molecule has 1 aliphatic rings. The van der Waals surface area contributed by atoms with E-state index in [4.69, 9.17) is 4.74 Å². The molecular formula is C22H34IN5OS. The molecule has 2 aromatic rings. The minimum atomic E-state index is 0. The number of guanidine groups is 1. The van der Waals surface area contributed by atoms with Crippen LogP contribution in [0, 0.1) is 20.8 Å². The van der Waals surface area contributed by atoms with Gasteiger partial charge in [0.1, 0.15) is 0 Å². The van der Waals surface area contributed by atoms with Gasteiger partial charge in [-0.25, -0.2) is 4.98 Å². The minimum absolute atomic E-state index is 0. The van der Waals surface area contributed by atoms with Crippen molar-refractivity contribution in [2.24, 2.45) is 4.99 Å². The number of rotatable bonds is 7. The van der Waals surface area contributed by atoms with Crippen molar-refractivity contribution in [3.05, 3.63) is 51.0 Å². The predicted molar refractivity (Wildman–Crippen MR) is 136 cm³/mol. The van der Waals surface area contributed by atoms with Crippen LogP contribution in [0.5, 0.6) is 0 Å². The highest BCUT2D eigenvalue weighted by molar-refractivity contribution is 14.0. The van der Waals surface area contributed by atoms with Crippen LogP contribution in [-0.2, 0) is 11.2 Å². The third kappa shape index (κ3) is 7.18. The molecule has 2 N–H and O–H groups in total. The Morgan fingerprint density at radius 3 is 2.47 bits per heavy atom. The van der Waals surface area contributed by atoms with Crippen LogP contribution in [0.25, 0.3) is 0 Å². The van der Waals surface area contributed by atoms with E-state index in [0.29, 0.717) is 6.04 Å². The van der Waals surface area contributed by atoms with Gasteiger partial charge in [-0.3, -0.25) is 9.89 Å². The SMILES string of the molecule is CN=C(NCCc1nc(C)c(C)s1)NCC(c1ccc(C)cc1)N1CCOCC1.I. The molecule has 1 unspecified atom stereocenters. The molecule has 166 valence electrons. The summed E-state index contributed by atoms with van der Waals surface area (Å²) in [4.78, 5) is 12.8. The maximum Gasteiger partial charge on any atom is 0.191 e. The van der Waals surface area contributed by atoms with E-state index in [9.17, 15) is 0 Å². The Bertz CT molecular complexity index is 783. The monoisotopic (exact) mass is 543 g/mol. The van der Waals surface area contributed by atoms with Gasteiger partial charge in [0.25, 0.3) is 0 Å². The van der Waals surface area contributed by atoms with Crippen LogP contribution in [0.1, 0.15) is 32.7 Å². The van der Waals surface area contributed by atoms with Crippen molar-refractivity contribution in [2.75, 3.05) is 46.4 Å². The Labute approximate surface area is 201 Å². The summed E-state index contributed by atoms with van der Waals surface area (Å²) in [5, 5.41) is 8.12. The molecule has 6 nitrogen and oxygen atoms in total.